The maximum atomic E-state index is 13.8. The standard InChI is InChI=1S/C26H24BrNO6/c1-11-22(31)20(14(4)29)24-21(23(11)32)26(5)18(34-24)10-17(30)19(25(26)33)13(3)28-12(2)15-6-8-16(27)9-7-15/h6-10,12,28,31-32H,1-5H3. The number of carbonyl (C=O) groups excluding carboxylic acids is 3. The van der Waals surface area contributed by atoms with Gasteiger partial charge in [0.05, 0.1) is 11.1 Å². The van der Waals surface area contributed by atoms with Crippen LogP contribution >= 0.6 is 15.9 Å². The third-order valence-electron chi connectivity index (χ3n) is 6.56. The van der Waals surface area contributed by atoms with E-state index in [-0.39, 0.29) is 45.6 Å². The number of phenolic OH excluding ortho intramolecular Hbond substituents is 2. The maximum absolute atomic E-state index is 13.8. The summed E-state index contributed by atoms with van der Waals surface area (Å²) in [6.07, 6.45) is 1.21. The van der Waals surface area contributed by atoms with E-state index >= 15 is 0 Å². The minimum atomic E-state index is -1.53. The molecule has 34 heavy (non-hydrogen) atoms. The number of rotatable bonds is 4. The van der Waals surface area contributed by atoms with Gasteiger partial charge in [0.25, 0.3) is 0 Å². The van der Waals surface area contributed by atoms with Crippen molar-refractivity contribution in [3.63, 3.8) is 0 Å². The Kier molecular flexibility index (Phi) is 5.68. The van der Waals surface area contributed by atoms with Gasteiger partial charge < -0.3 is 20.3 Å². The molecule has 0 bridgehead atoms. The third-order valence-corrected chi connectivity index (χ3v) is 7.09. The van der Waals surface area contributed by atoms with E-state index in [0.29, 0.717) is 5.70 Å². The topological polar surface area (TPSA) is 113 Å². The molecule has 176 valence electrons. The van der Waals surface area contributed by atoms with Crippen LogP contribution in [0.15, 0.2) is 51.8 Å². The Morgan fingerprint density at radius 1 is 1.12 bits per heavy atom. The third kappa shape index (κ3) is 3.36. The molecular weight excluding hydrogens is 502 g/mol. The molecule has 7 nitrogen and oxygen atoms in total. The molecule has 8 heteroatoms. The Balaban J connectivity index is 1.84. The van der Waals surface area contributed by atoms with Crippen LogP contribution in [0.3, 0.4) is 0 Å². The molecule has 2 atom stereocenters. The molecule has 2 aromatic carbocycles. The van der Waals surface area contributed by atoms with Gasteiger partial charge in [-0.25, -0.2) is 0 Å². The Morgan fingerprint density at radius 2 is 1.74 bits per heavy atom. The number of allylic oxidation sites excluding steroid dienone is 4. The van der Waals surface area contributed by atoms with Gasteiger partial charge in [-0.05, 0) is 52.3 Å². The number of carbonyl (C=O) groups is 3. The first kappa shape index (κ1) is 23.8. The highest BCUT2D eigenvalue weighted by atomic mass is 79.9. The van der Waals surface area contributed by atoms with Gasteiger partial charge >= 0.3 is 0 Å². The van der Waals surface area contributed by atoms with E-state index in [1.807, 2.05) is 31.2 Å². The summed E-state index contributed by atoms with van der Waals surface area (Å²) in [7, 11) is 0. The van der Waals surface area contributed by atoms with Crippen molar-refractivity contribution in [2.75, 3.05) is 0 Å². The molecule has 0 fully saturated rings. The number of nitrogens with one attached hydrogen (secondary N) is 1. The molecule has 2 aliphatic rings. The fourth-order valence-corrected chi connectivity index (χ4v) is 4.86. The molecule has 1 heterocycles. The van der Waals surface area contributed by atoms with Crippen molar-refractivity contribution in [3.05, 3.63) is 74.1 Å². The lowest BCUT2D eigenvalue weighted by molar-refractivity contribution is -0.123. The summed E-state index contributed by atoms with van der Waals surface area (Å²) in [6.45, 7) is 7.82. The molecule has 0 radical (unpaired) electrons. The van der Waals surface area contributed by atoms with Crippen LogP contribution in [0.4, 0.5) is 0 Å². The van der Waals surface area contributed by atoms with Crippen LogP contribution in [0.2, 0.25) is 0 Å². The Bertz CT molecular complexity index is 1340. The molecule has 0 spiro atoms. The number of ether oxygens (including phenoxy) is 1. The summed E-state index contributed by atoms with van der Waals surface area (Å²) in [5, 5.41) is 24.6. The minimum absolute atomic E-state index is 0.0119. The smallest absolute Gasteiger partial charge is 0.194 e. The van der Waals surface area contributed by atoms with E-state index in [2.05, 4.69) is 21.2 Å². The zero-order valence-electron chi connectivity index (χ0n) is 19.4. The van der Waals surface area contributed by atoms with Crippen molar-refractivity contribution in [1.82, 2.24) is 5.32 Å². The fraction of sp³-hybridized carbons (Fsp3) is 0.269. The number of Topliss-reactive ketones (excluding diaryl/α,β-unsaturated/α-hetero) is 2. The predicted molar refractivity (Wildman–Crippen MR) is 129 cm³/mol. The largest absolute Gasteiger partial charge is 0.507 e. The molecule has 3 N–H and O–H groups in total. The van der Waals surface area contributed by atoms with Crippen molar-refractivity contribution in [1.29, 1.82) is 0 Å². The summed E-state index contributed by atoms with van der Waals surface area (Å²) in [5.74, 6) is -2.44. The van der Waals surface area contributed by atoms with E-state index in [4.69, 9.17) is 4.74 Å². The van der Waals surface area contributed by atoms with Gasteiger partial charge in [0.1, 0.15) is 34.0 Å². The van der Waals surface area contributed by atoms with Gasteiger partial charge in [0.15, 0.2) is 17.3 Å². The molecule has 4 rings (SSSR count). The average Bonchev–Trinajstić information content (AvgIpc) is 3.05. The van der Waals surface area contributed by atoms with Gasteiger partial charge in [-0.3, -0.25) is 14.4 Å². The van der Waals surface area contributed by atoms with Crippen LogP contribution in [0.5, 0.6) is 17.2 Å². The normalized spacial score (nSPS) is 21.3. The first-order valence-corrected chi connectivity index (χ1v) is 11.5. The molecule has 0 saturated carbocycles. The van der Waals surface area contributed by atoms with Gasteiger partial charge in [0.2, 0.25) is 0 Å². The number of halogens is 1. The van der Waals surface area contributed by atoms with E-state index in [1.54, 1.807) is 13.8 Å². The highest BCUT2D eigenvalue weighted by molar-refractivity contribution is 9.10. The summed E-state index contributed by atoms with van der Waals surface area (Å²) in [4.78, 5) is 39.1. The SMILES string of the molecule is CC(=O)c1c(O)c(C)c(O)c2c1OC1=CC(=O)C(=C(C)NC(C)c3ccc(Br)cc3)C(=O)C12C. The summed E-state index contributed by atoms with van der Waals surface area (Å²) in [6, 6.07) is 7.48. The van der Waals surface area contributed by atoms with Crippen LogP contribution in [0.25, 0.3) is 0 Å². The summed E-state index contributed by atoms with van der Waals surface area (Å²) < 4.78 is 6.72. The molecule has 2 unspecified atom stereocenters. The number of phenols is 2. The zero-order valence-corrected chi connectivity index (χ0v) is 21.0. The molecule has 2 aromatic rings. The Morgan fingerprint density at radius 3 is 2.32 bits per heavy atom. The average molecular weight is 526 g/mol. The van der Waals surface area contributed by atoms with Crippen LogP contribution < -0.4 is 10.1 Å². The predicted octanol–water partition coefficient (Wildman–Crippen LogP) is 4.68. The molecule has 0 saturated heterocycles. The highest BCUT2D eigenvalue weighted by Gasteiger charge is 2.56. The van der Waals surface area contributed by atoms with Crippen LogP contribution in [0.1, 0.15) is 60.8 Å². The molecule has 1 aliphatic heterocycles. The zero-order chi connectivity index (χ0) is 25.1. The first-order valence-electron chi connectivity index (χ1n) is 10.7. The van der Waals surface area contributed by atoms with E-state index in [1.165, 1.54) is 19.9 Å². The number of hydrogen-bond acceptors (Lipinski definition) is 7. The van der Waals surface area contributed by atoms with Crippen LogP contribution in [-0.2, 0) is 15.0 Å². The number of benzene rings is 2. The van der Waals surface area contributed by atoms with Gasteiger partial charge in [-0.2, -0.15) is 0 Å². The van der Waals surface area contributed by atoms with Gasteiger partial charge in [-0.1, -0.05) is 28.1 Å². The van der Waals surface area contributed by atoms with Crippen molar-refractivity contribution < 1.29 is 29.3 Å². The lowest BCUT2D eigenvalue weighted by Gasteiger charge is -2.29. The second kappa shape index (κ2) is 8.13. The van der Waals surface area contributed by atoms with E-state index in [9.17, 15) is 24.6 Å². The maximum Gasteiger partial charge on any atom is 0.194 e. The molecule has 0 aromatic heterocycles. The monoisotopic (exact) mass is 525 g/mol. The van der Waals surface area contributed by atoms with Crippen molar-refractivity contribution in [2.45, 2.75) is 46.1 Å². The number of hydrogen-bond donors (Lipinski definition) is 3. The van der Waals surface area contributed by atoms with Crippen LogP contribution in [-0.4, -0.2) is 27.6 Å². The first-order chi connectivity index (χ1) is 15.9. The molecule has 1 aliphatic carbocycles. The number of aromatic hydroxyl groups is 2. The van der Waals surface area contributed by atoms with Crippen molar-refractivity contribution in [3.8, 4) is 17.2 Å². The van der Waals surface area contributed by atoms with Crippen molar-refractivity contribution >= 4 is 33.3 Å². The number of ketones is 3. The Hall–Kier alpha value is -3.39. The van der Waals surface area contributed by atoms with Crippen molar-refractivity contribution in [2.24, 2.45) is 0 Å². The summed E-state index contributed by atoms with van der Waals surface area (Å²) >= 11 is 3.40. The van der Waals surface area contributed by atoms with Gasteiger partial charge in [0, 0.05) is 27.9 Å². The lowest BCUT2D eigenvalue weighted by atomic mass is 9.70. The number of fused-ring (bicyclic) bond motifs is 3. The summed E-state index contributed by atoms with van der Waals surface area (Å²) in [5.41, 5.74) is -0.239. The molecular formula is C26H24BrNO6. The van der Waals surface area contributed by atoms with Crippen LogP contribution in [0, 0.1) is 6.92 Å². The second-order valence-electron chi connectivity index (χ2n) is 8.80. The van der Waals surface area contributed by atoms with E-state index in [0.717, 1.165) is 10.0 Å². The van der Waals surface area contributed by atoms with E-state index < -0.39 is 28.5 Å². The Labute approximate surface area is 205 Å². The molecule has 0 amide bonds. The highest BCUT2D eigenvalue weighted by Crippen LogP contribution is 2.57. The van der Waals surface area contributed by atoms with Gasteiger partial charge in [-0.15, -0.1) is 0 Å². The quantitative estimate of drug-likeness (QED) is 0.301. The second-order valence-corrected chi connectivity index (χ2v) is 9.72. The lowest BCUT2D eigenvalue weighted by Crippen LogP contribution is -2.41. The fourth-order valence-electron chi connectivity index (χ4n) is 4.59. The minimum Gasteiger partial charge on any atom is -0.507 e.